The molecule has 0 saturated heterocycles. The van der Waals surface area contributed by atoms with Crippen LogP contribution in [0.25, 0.3) is 0 Å². The van der Waals surface area contributed by atoms with E-state index in [1.54, 1.807) is 30.2 Å². The van der Waals surface area contributed by atoms with E-state index in [1.165, 1.54) is 5.56 Å². The topological polar surface area (TPSA) is 47.8 Å². The lowest BCUT2D eigenvalue weighted by atomic mass is 9.97. The van der Waals surface area contributed by atoms with E-state index < -0.39 is 0 Å². The molecule has 0 atom stereocenters. The molecule has 1 aromatic carbocycles. The minimum atomic E-state index is -0.186. The largest absolute Gasteiger partial charge is 0.349 e. The van der Waals surface area contributed by atoms with Gasteiger partial charge in [-0.3, -0.25) is 9.55 Å². The quantitative estimate of drug-likeness (QED) is 0.413. The summed E-state index contributed by atoms with van der Waals surface area (Å²) in [7, 11) is 0. The van der Waals surface area contributed by atoms with E-state index in [-0.39, 0.29) is 5.69 Å². The first-order valence-electron chi connectivity index (χ1n) is 9.20. The number of fused-ring (bicyclic) bond motifs is 1. The molecule has 28 heavy (non-hydrogen) atoms. The van der Waals surface area contributed by atoms with E-state index in [0.29, 0.717) is 22.3 Å². The summed E-state index contributed by atoms with van der Waals surface area (Å²) < 4.78 is 1.83. The van der Waals surface area contributed by atoms with Crippen LogP contribution in [0.15, 0.2) is 52.5 Å². The lowest BCUT2D eigenvalue weighted by Gasteiger charge is -2.22. The second kappa shape index (κ2) is 8.68. The number of hydrogen-bond donors (Lipinski definition) is 0. The van der Waals surface area contributed by atoms with Gasteiger partial charge in [0.15, 0.2) is 0 Å². The number of thioether (sulfide) groups is 1. The zero-order valence-electron chi connectivity index (χ0n) is 15.2. The normalized spacial score (nSPS) is 13.4. The Kier molecular flexibility index (Phi) is 6.04. The van der Waals surface area contributed by atoms with E-state index in [4.69, 9.17) is 23.2 Å². The molecule has 144 valence electrons. The monoisotopic (exact) mass is 431 g/mol. The van der Waals surface area contributed by atoms with Crippen molar-refractivity contribution < 1.29 is 0 Å². The van der Waals surface area contributed by atoms with E-state index in [2.05, 4.69) is 9.97 Å². The SMILES string of the molecule is O=c1nc(SCc2ccc(Cl)c(Cl)c2)c2c(n1Cc1ccncc1)CCCC2. The second-order valence-electron chi connectivity index (χ2n) is 6.81. The van der Waals surface area contributed by atoms with Crippen molar-refractivity contribution in [3.63, 3.8) is 0 Å². The van der Waals surface area contributed by atoms with Gasteiger partial charge < -0.3 is 0 Å². The molecule has 1 aliphatic rings. The van der Waals surface area contributed by atoms with Gasteiger partial charge in [0.25, 0.3) is 0 Å². The van der Waals surface area contributed by atoms with Crippen LogP contribution in [0.2, 0.25) is 10.0 Å². The first-order chi connectivity index (χ1) is 13.6. The Labute approximate surface area is 177 Å². The first-order valence-corrected chi connectivity index (χ1v) is 10.9. The molecular weight excluding hydrogens is 413 g/mol. The number of nitrogens with zero attached hydrogens (tertiary/aromatic N) is 3. The Morgan fingerprint density at radius 2 is 1.79 bits per heavy atom. The fraction of sp³-hybridized carbons (Fsp3) is 0.286. The molecule has 4 rings (SSSR count). The van der Waals surface area contributed by atoms with Gasteiger partial charge in [0, 0.05) is 29.4 Å². The highest BCUT2D eigenvalue weighted by Gasteiger charge is 2.20. The van der Waals surface area contributed by atoms with Crippen LogP contribution in [0.4, 0.5) is 0 Å². The summed E-state index contributed by atoms with van der Waals surface area (Å²) in [4.78, 5) is 21.3. The van der Waals surface area contributed by atoms with Gasteiger partial charge in [0.1, 0.15) is 5.03 Å². The predicted octanol–water partition coefficient (Wildman–Crippen LogP) is 5.16. The van der Waals surface area contributed by atoms with Gasteiger partial charge in [0.05, 0.1) is 16.6 Å². The van der Waals surface area contributed by atoms with Crippen molar-refractivity contribution in [2.75, 3.05) is 0 Å². The number of halogens is 2. The number of hydrogen-bond acceptors (Lipinski definition) is 4. The maximum absolute atomic E-state index is 12.8. The second-order valence-corrected chi connectivity index (χ2v) is 8.59. The molecule has 2 heterocycles. The third-order valence-corrected chi connectivity index (χ3v) is 6.73. The molecule has 0 aliphatic heterocycles. The molecule has 2 aromatic heterocycles. The van der Waals surface area contributed by atoms with E-state index >= 15 is 0 Å². The van der Waals surface area contributed by atoms with Gasteiger partial charge in [0.2, 0.25) is 0 Å². The maximum atomic E-state index is 12.8. The van der Waals surface area contributed by atoms with Crippen molar-refractivity contribution in [1.29, 1.82) is 0 Å². The van der Waals surface area contributed by atoms with Crippen LogP contribution in [0.5, 0.6) is 0 Å². The highest BCUT2D eigenvalue weighted by Crippen LogP contribution is 2.32. The van der Waals surface area contributed by atoms with Crippen LogP contribution >= 0.6 is 35.0 Å². The fourth-order valence-corrected chi connectivity index (χ4v) is 4.82. The van der Waals surface area contributed by atoms with E-state index in [0.717, 1.165) is 47.5 Å². The van der Waals surface area contributed by atoms with Gasteiger partial charge in [-0.05, 0) is 61.1 Å². The average Bonchev–Trinajstić information content (AvgIpc) is 2.72. The summed E-state index contributed by atoms with van der Waals surface area (Å²) in [6.07, 6.45) is 7.61. The fourth-order valence-electron chi connectivity index (χ4n) is 3.48. The summed E-state index contributed by atoms with van der Waals surface area (Å²) in [5, 5.41) is 1.93. The zero-order chi connectivity index (χ0) is 19.5. The number of benzene rings is 1. The Balaban J connectivity index is 1.64. The van der Waals surface area contributed by atoms with Gasteiger partial charge >= 0.3 is 5.69 Å². The summed E-state index contributed by atoms with van der Waals surface area (Å²) in [6.45, 7) is 0.536. The van der Waals surface area contributed by atoms with Gasteiger partial charge in [-0.1, -0.05) is 29.3 Å². The summed E-state index contributed by atoms with van der Waals surface area (Å²) in [6, 6.07) is 9.50. The molecular formula is C21H19Cl2N3OS. The Morgan fingerprint density at radius 3 is 2.57 bits per heavy atom. The molecule has 0 fully saturated rings. The molecule has 7 heteroatoms. The highest BCUT2D eigenvalue weighted by molar-refractivity contribution is 7.98. The zero-order valence-corrected chi connectivity index (χ0v) is 17.5. The predicted molar refractivity (Wildman–Crippen MR) is 115 cm³/mol. The van der Waals surface area contributed by atoms with Crippen LogP contribution in [0.3, 0.4) is 0 Å². The summed E-state index contributed by atoms with van der Waals surface area (Å²) in [5.74, 6) is 0.699. The molecule has 1 aliphatic carbocycles. The molecule has 0 spiro atoms. The van der Waals surface area contributed by atoms with Crippen molar-refractivity contribution in [1.82, 2.24) is 14.5 Å². The van der Waals surface area contributed by atoms with Crippen molar-refractivity contribution in [3.8, 4) is 0 Å². The molecule has 0 saturated carbocycles. The minimum absolute atomic E-state index is 0.186. The molecule has 0 amide bonds. The van der Waals surface area contributed by atoms with E-state index in [9.17, 15) is 4.79 Å². The Morgan fingerprint density at radius 1 is 1.00 bits per heavy atom. The molecule has 0 bridgehead atoms. The van der Waals surface area contributed by atoms with Gasteiger partial charge in [-0.25, -0.2) is 4.79 Å². The molecule has 0 unspecified atom stereocenters. The van der Waals surface area contributed by atoms with Gasteiger partial charge in [-0.15, -0.1) is 11.8 Å². The molecule has 0 radical (unpaired) electrons. The highest BCUT2D eigenvalue weighted by atomic mass is 35.5. The average molecular weight is 432 g/mol. The van der Waals surface area contributed by atoms with Crippen molar-refractivity contribution in [2.24, 2.45) is 0 Å². The lowest BCUT2D eigenvalue weighted by Crippen LogP contribution is -2.30. The standard InChI is InChI=1S/C21H19Cl2N3OS/c22-17-6-5-15(11-18(17)23)13-28-20-16-3-1-2-4-19(16)26(21(27)25-20)12-14-7-9-24-10-8-14/h5-11H,1-4,12-13H2. The van der Waals surface area contributed by atoms with Crippen molar-refractivity contribution in [2.45, 2.75) is 43.0 Å². The summed E-state index contributed by atoms with van der Waals surface area (Å²) >= 11 is 13.7. The van der Waals surface area contributed by atoms with Crippen LogP contribution in [0.1, 0.15) is 35.2 Å². The van der Waals surface area contributed by atoms with Crippen molar-refractivity contribution in [3.05, 3.63) is 85.6 Å². The Bertz CT molecular complexity index is 1050. The van der Waals surface area contributed by atoms with Crippen molar-refractivity contribution >= 4 is 35.0 Å². The minimum Gasteiger partial charge on any atom is -0.292 e. The van der Waals surface area contributed by atoms with E-state index in [1.807, 2.05) is 28.8 Å². The third-order valence-electron chi connectivity index (χ3n) is 4.90. The summed E-state index contributed by atoms with van der Waals surface area (Å²) in [5.41, 5.74) is 4.27. The Hall–Kier alpha value is -1.82. The smallest absolute Gasteiger partial charge is 0.292 e. The van der Waals surface area contributed by atoms with Crippen LogP contribution in [-0.4, -0.2) is 14.5 Å². The number of aromatic nitrogens is 3. The number of rotatable bonds is 5. The van der Waals surface area contributed by atoms with Crippen LogP contribution < -0.4 is 5.69 Å². The van der Waals surface area contributed by atoms with Gasteiger partial charge in [-0.2, -0.15) is 4.98 Å². The van der Waals surface area contributed by atoms with Crippen LogP contribution in [-0.2, 0) is 25.1 Å². The molecule has 0 N–H and O–H groups in total. The lowest BCUT2D eigenvalue weighted by molar-refractivity contribution is 0.569. The molecule has 4 nitrogen and oxygen atoms in total. The van der Waals surface area contributed by atoms with Crippen LogP contribution in [0, 0.1) is 0 Å². The first kappa shape index (κ1) is 19.5. The third kappa shape index (κ3) is 4.27. The number of pyridine rings is 1. The maximum Gasteiger partial charge on any atom is 0.349 e. The molecule has 3 aromatic rings.